The van der Waals surface area contributed by atoms with Gasteiger partial charge in [-0.05, 0) is 23.6 Å². The molecule has 0 unspecified atom stereocenters. The van der Waals surface area contributed by atoms with Crippen molar-refractivity contribution in [2.24, 2.45) is 5.92 Å². The van der Waals surface area contributed by atoms with E-state index in [1.165, 1.54) is 18.2 Å². The van der Waals surface area contributed by atoms with Crippen molar-refractivity contribution in [1.82, 2.24) is 5.32 Å². The first-order valence-corrected chi connectivity index (χ1v) is 8.30. The number of rotatable bonds is 6. The first kappa shape index (κ1) is 16.9. The van der Waals surface area contributed by atoms with Crippen LogP contribution in [0.3, 0.4) is 0 Å². The van der Waals surface area contributed by atoms with Crippen LogP contribution in [0.1, 0.15) is 19.4 Å². The monoisotopic (exact) mass is 321 g/mol. The number of sulfone groups is 1. The molecule has 0 aromatic heterocycles. The lowest BCUT2D eigenvalue weighted by molar-refractivity contribution is -0.118. The second-order valence-electron chi connectivity index (χ2n) is 4.97. The van der Waals surface area contributed by atoms with Crippen molar-refractivity contribution in [2.45, 2.75) is 20.4 Å². The Morgan fingerprint density at radius 3 is 2.60 bits per heavy atom. The molecule has 0 fully saturated rings. The van der Waals surface area contributed by atoms with E-state index in [0.717, 1.165) is 0 Å². The van der Waals surface area contributed by atoms with E-state index in [1.54, 1.807) is 13.8 Å². The highest BCUT2D eigenvalue weighted by molar-refractivity contribution is 7.92. The highest BCUT2D eigenvalue weighted by Gasteiger charge is 2.18. The number of carbonyl (C=O) groups is 1. The number of benzene rings is 1. The van der Waals surface area contributed by atoms with Crippen molar-refractivity contribution in [3.8, 4) is 0 Å². The minimum atomic E-state index is -3.40. The van der Waals surface area contributed by atoms with E-state index < -0.39 is 27.3 Å². The van der Waals surface area contributed by atoms with Gasteiger partial charge in [0, 0.05) is 6.54 Å². The van der Waals surface area contributed by atoms with E-state index in [-0.39, 0.29) is 23.2 Å². The Morgan fingerprint density at radius 2 is 2.05 bits per heavy atom. The number of nitrogens with one attached hydrogen (secondary N) is 1. The fourth-order valence-corrected chi connectivity index (χ4v) is 3.51. The van der Waals surface area contributed by atoms with Crippen LogP contribution in [-0.2, 0) is 21.2 Å². The molecule has 1 N–H and O–H groups in total. The van der Waals surface area contributed by atoms with Crippen molar-refractivity contribution in [2.75, 3.05) is 11.5 Å². The number of carbonyl (C=O) groups excluding carboxylic acids is 1. The van der Waals surface area contributed by atoms with Crippen LogP contribution in [0, 0.1) is 11.7 Å². The number of halogens is 2. The molecule has 20 heavy (non-hydrogen) atoms. The topological polar surface area (TPSA) is 63.2 Å². The van der Waals surface area contributed by atoms with Crippen LogP contribution in [-0.4, -0.2) is 25.8 Å². The average Bonchev–Trinajstić information content (AvgIpc) is 2.28. The molecular weight excluding hydrogens is 305 g/mol. The lowest BCUT2D eigenvalue weighted by atomic mass is 10.2. The number of amides is 1. The molecule has 1 amide bonds. The summed E-state index contributed by atoms with van der Waals surface area (Å²) in [5.41, 5.74) is 0.603. The predicted molar refractivity (Wildman–Crippen MR) is 76.7 cm³/mol. The average molecular weight is 322 g/mol. The van der Waals surface area contributed by atoms with Crippen LogP contribution >= 0.6 is 11.6 Å². The van der Waals surface area contributed by atoms with Gasteiger partial charge in [-0.1, -0.05) is 31.5 Å². The second kappa shape index (κ2) is 7.04. The van der Waals surface area contributed by atoms with Crippen LogP contribution in [0.25, 0.3) is 0 Å². The van der Waals surface area contributed by atoms with E-state index in [0.29, 0.717) is 5.56 Å². The molecule has 4 nitrogen and oxygen atoms in total. The van der Waals surface area contributed by atoms with Gasteiger partial charge in [-0.2, -0.15) is 0 Å². The number of hydrogen-bond acceptors (Lipinski definition) is 3. The molecular formula is C13H17ClFNO3S. The molecule has 0 radical (unpaired) electrons. The molecule has 0 atom stereocenters. The maximum absolute atomic E-state index is 12.9. The van der Waals surface area contributed by atoms with Gasteiger partial charge in [-0.3, -0.25) is 4.79 Å². The molecule has 7 heteroatoms. The summed E-state index contributed by atoms with van der Waals surface area (Å²) in [4.78, 5) is 11.6. The third-order valence-corrected chi connectivity index (χ3v) is 4.58. The molecule has 1 aromatic carbocycles. The summed E-state index contributed by atoms with van der Waals surface area (Å²) in [6.45, 7) is 3.65. The Morgan fingerprint density at radius 1 is 1.40 bits per heavy atom. The molecule has 0 aliphatic rings. The van der Waals surface area contributed by atoms with Gasteiger partial charge in [0.2, 0.25) is 5.91 Å². The van der Waals surface area contributed by atoms with Gasteiger partial charge in [-0.15, -0.1) is 0 Å². The fourth-order valence-electron chi connectivity index (χ4n) is 1.67. The van der Waals surface area contributed by atoms with Gasteiger partial charge < -0.3 is 5.32 Å². The largest absolute Gasteiger partial charge is 0.351 e. The van der Waals surface area contributed by atoms with E-state index in [9.17, 15) is 17.6 Å². The van der Waals surface area contributed by atoms with Crippen LogP contribution in [0.2, 0.25) is 5.02 Å². The summed E-state index contributed by atoms with van der Waals surface area (Å²) in [5.74, 6) is -1.71. The Bertz CT molecular complexity index is 587. The van der Waals surface area contributed by atoms with Crippen molar-refractivity contribution >= 4 is 27.3 Å². The van der Waals surface area contributed by atoms with Crippen LogP contribution in [0.4, 0.5) is 4.39 Å². The maximum Gasteiger partial charge on any atom is 0.235 e. The zero-order valence-corrected chi connectivity index (χ0v) is 12.9. The van der Waals surface area contributed by atoms with Crippen molar-refractivity contribution in [1.29, 1.82) is 0 Å². The van der Waals surface area contributed by atoms with Crippen molar-refractivity contribution < 1.29 is 17.6 Å². The van der Waals surface area contributed by atoms with Crippen LogP contribution in [0.5, 0.6) is 0 Å². The minimum absolute atomic E-state index is 0.0243. The standard InChI is InChI=1S/C13H17ClFNO3S/c1-9(2)7-20(18,19)8-13(17)16-6-10-3-4-12(15)11(14)5-10/h3-5,9H,6-8H2,1-2H3,(H,16,17). The van der Waals surface area contributed by atoms with E-state index >= 15 is 0 Å². The Hall–Kier alpha value is -1.14. The Labute approximate surface area is 123 Å². The normalized spacial score (nSPS) is 11.7. The van der Waals surface area contributed by atoms with E-state index in [1.807, 2.05) is 0 Å². The highest BCUT2D eigenvalue weighted by atomic mass is 35.5. The van der Waals surface area contributed by atoms with Crippen molar-refractivity contribution in [3.63, 3.8) is 0 Å². The third kappa shape index (κ3) is 5.88. The van der Waals surface area contributed by atoms with Crippen molar-refractivity contribution in [3.05, 3.63) is 34.6 Å². The number of hydrogen-bond donors (Lipinski definition) is 1. The summed E-state index contributed by atoms with van der Waals surface area (Å²) < 4.78 is 36.2. The lowest BCUT2D eigenvalue weighted by Gasteiger charge is -2.08. The smallest absolute Gasteiger partial charge is 0.235 e. The fraction of sp³-hybridized carbons (Fsp3) is 0.462. The predicted octanol–water partition coefficient (Wildman–Crippen LogP) is 2.17. The SMILES string of the molecule is CC(C)CS(=O)(=O)CC(=O)NCc1ccc(F)c(Cl)c1. The molecule has 0 heterocycles. The maximum atomic E-state index is 12.9. The molecule has 0 saturated carbocycles. The molecule has 112 valence electrons. The van der Waals surface area contributed by atoms with Gasteiger partial charge in [0.1, 0.15) is 11.6 Å². The van der Waals surface area contributed by atoms with Crippen LogP contribution < -0.4 is 5.32 Å². The highest BCUT2D eigenvalue weighted by Crippen LogP contribution is 2.15. The van der Waals surface area contributed by atoms with Gasteiger partial charge in [0.15, 0.2) is 9.84 Å². The summed E-state index contributed by atoms with van der Waals surface area (Å²) in [6, 6.07) is 4.06. The summed E-state index contributed by atoms with van der Waals surface area (Å²) in [6.07, 6.45) is 0. The second-order valence-corrected chi connectivity index (χ2v) is 7.49. The zero-order valence-electron chi connectivity index (χ0n) is 11.3. The van der Waals surface area contributed by atoms with Gasteiger partial charge in [-0.25, -0.2) is 12.8 Å². The molecule has 1 aromatic rings. The zero-order chi connectivity index (χ0) is 15.3. The minimum Gasteiger partial charge on any atom is -0.351 e. The first-order chi connectivity index (χ1) is 9.19. The lowest BCUT2D eigenvalue weighted by Crippen LogP contribution is -2.31. The molecule has 0 aliphatic carbocycles. The van der Waals surface area contributed by atoms with Gasteiger partial charge >= 0.3 is 0 Å². The summed E-state index contributed by atoms with van der Waals surface area (Å²) in [5, 5.41) is 2.44. The van der Waals surface area contributed by atoms with E-state index in [2.05, 4.69) is 5.32 Å². The Balaban J connectivity index is 2.53. The third-order valence-electron chi connectivity index (χ3n) is 2.41. The summed E-state index contributed by atoms with van der Waals surface area (Å²) in [7, 11) is -3.40. The van der Waals surface area contributed by atoms with Gasteiger partial charge in [0.25, 0.3) is 0 Å². The molecule has 0 aliphatic heterocycles. The summed E-state index contributed by atoms with van der Waals surface area (Å²) >= 11 is 5.61. The molecule has 1 rings (SSSR count). The molecule has 0 saturated heterocycles. The quantitative estimate of drug-likeness (QED) is 0.873. The van der Waals surface area contributed by atoms with Gasteiger partial charge in [0.05, 0.1) is 10.8 Å². The molecule has 0 bridgehead atoms. The first-order valence-electron chi connectivity index (χ1n) is 6.10. The molecule has 0 spiro atoms. The van der Waals surface area contributed by atoms with E-state index in [4.69, 9.17) is 11.6 Å². The Kier molecular flexibility index (Phi) is 5.95. The van der Waals surface area contributed by atoms with Crippen LogP contribution in [0.15, 0.2) is 18.2 Å².